The van der Waals surface area contributed by atoms with Gasteiger partial charge in [0.15, 0.2) is 0 Å². The molecule has 0 N–H and O–H groups in total. The van der Waals surface area contributed by atoms with Crippen molar-refractivity contribution in [3.8, 4) is 0 Å². The van der Waals surface area contributed by atoms with Crippen LogP contribution in [0.5, 0.6) is 0 Å². The zero-order chi connectivity index (χ0) is 23.7. The molecule has 0 aromatic heterocycles. The molecule has 0 bridgehead atoms. The molecule has 172 valence electrons. The molecule has 35 heavy (non-hydrogen) atoms. The van der Waals surface area contributed by atoms with Gasteiger partial charge in [-0.05, 0) is 60.9 Å². The molecule has 0 aliphatic carbocycles. The fourth-order valence-electron chi connectivity index (χ4n) is 4.66. The van der Waals surface area contributed by atoms with Crippen molar-refractivity contribution in [2.75, 3.05) is 6.16 Å². The summed E-state index contributed by atoms with van der Waals surface area (Å²) in [5.41, 5.74) is 1.94. The Kier molecular flexibility index (Phi) is 8.18. The smallest absolute Gasteiger partial charge is 0.00430 e. The molecule has 5 aromatic rings. The lowest BCUT2D eigenvalue weighted by atomic mass is 10.1. The number of hydrogen-bond donors (Lipinski definition) is 0. The molecule has 0 unspecified atom stereocenters. The van der Waals surface area contributed by atoms with Crippen LogP contribution in [0.4, 0.5) is 0 Å². The Balaban J connectivity index is 1.61. The zero-order valence-corrected chi connectivity index (χ0v) is 21.6. The molecule has 5 rings (SSSR count). The normalized spacial score (nSPS) is 12.1. The SMILES string of the molecule is c1ccc(C[C@@H](CP(c2ccccc2)c2ccccc2)P(c2ccccc2)c2ccccc2)cc1. The summed E-state index contributed by atoms with van der Waals surface area (Å²) in [7, 11) is -1.02. The van der Waals surface area contributed by atoms with Gasteiger partial charge in [0.25, 0.3) is 0 Å². The summed E-state index contributed by atoms with van der Waals surface area (Å²) in [6, 6.07) is 55.8. The van der Waals surface area contributed by atoms with Gasteiger partial charge in [-0.15, -0.1) is 0 Å². The molecule has 0 aliphatic rings. The maximum atomic E-state index is 2.34. The maximum Gasteiger partial charge on any atom is -0.00430 e. The van der Waals surface area contributed by atoms with Crippen LogP contribution in [-0.4, -0.2) is 11.8 Å². The summed E-state index contributed by atoms with van der Waals surface area (Å²) >= 11 is 0. The highest BCUT2D eigenvalue weighted by atomic mass is 31.1. The predicted molar refractivity (Wildman–Crippen MR) is 157 cm³/mol. The van der Waals surface area contributed by atoms with E-state index in [1.165, 1.54) is 26.8 Å². The Morgan fingerprint density at radius 1 is 0.400 bits per heavy atom. The molecule has 2 heteroatoms. The van der Waals surface area contributed by atoms with E-state index in [-0.39, 0.29) is 0 Å². The second-order valence-corrected chi connectivity index (χ2v) is 13.4. The molecule has 5 aromatic carbocycles. The van der Waals surface area contributed by atoms with Crippen LogP contribution >= 0.6 is 15.8 Å². The minimum Gasteiger partial charge on any atom is -0.0622 e. The first kappa shape index (κ1) is 23.7. The molecule has 0 spiro atoms. The summed E-state index contributed by atoms with van der Waals surface area (Å²) in [5.74, 6) is 0. The fraction of sp³-hybridized carbons (Fsp3) is 0.0909. The fourth-order valence-corrected chi connectivity index (χ4v) is 10.7. The second kappa shape index (κ2) is 12.1. The van der Waals surface area contributed by atoms with Crippen LogP contribution in [0.2, 0.25) is 0 Å². The lowest BCUT2D eigenvalue weighted by molar-refractivity contribution is 0.943. The van der Waals surface area contributed by atoms with Crippen LogP contribution in [0.15, 0.2) is 152 Å². The van der Waals surface area contributed by atoms with E-state index in [1.54, 1.807) is 0 Å². The minimum atomic E-state index is -0.535. The topological polar surface area (TPSA) is 0 Å². The standard InChI is InChI=1S/C33H30P2/c1-6-16-28(17-7-1)26-33(35(31-22-12-4-13-23-31)32-24-14-5-15-25-32)27-34(29-18-8-2-9-19-29)30-20-10-3-11-21-30/h1-25,33H,26-27H2/t33-/m0/s1. The van der Waals surface area contributed by atoms with Gasteiger partial charge in [0.2, 0.25) is 0 Å². The van der Waals surface area contributed by atoms with Crippen LogP contribution in [0.1, 0.15) is 5.56 Å². The van der Waals surface area contributed by atoms with Crippen LogP contribution in [-0.2, 0) is 6.42 Å². The first-order valence-corrected chi connectivity index (χ1v) is 15.1. The molecule has 0 saturated carbocycles. The van der Waals surface area contributed by atoms with E-state index in [2.05, 4.69) is 152 Å². The third kappa shape index (κ3) is 6.15. The number of rotatable bonds is 9. The Morgan fingerprint density at radius 2 is 0.743 bits per heavy atom. The molecule has 0 saturated heterocycles. The van der Waals surface area contributed by atoms with Crippen LogP contribution < -0.4 is 21.2 Å². The van der Waals surface area contributed by atoms with Crippen LogP contribution in [0, 0.1) is 0 Å². The average molecular weight is 489 g/mol. The Labute approximate surface area is 212 Å². The molecule has 0 fully saturated rings. The lowest BCUT2D eigenvalue weighted by Crippen LogP contribution is -2.29. The molecule has 0 heterocycles. The molecule has 1 atom stereocenters. The first-order valence-electron chi connectivity index (χ1n) is 12.2. The van der Waals surface area contributed by atoms with Gasteiger partial charge in [0, 0.05) is 0 Å². The monoisotopic (exact) mass is 488 g/mol. The molecule has 0 radical (unpaired) electrons. The Bertz CT molecular complexity index is 1190. The molecular formula is C33H30P2. The van der Waals surface area contributed by atoms with Gasteiger partial charge < -0.3 is 0 Å². The third-order valence-corrected chi connectivity index (χ3v) is 12.0. The third-order valence-electron chi connectivity index (χ3n) is 6.28. The summed E-state index contributed by atoms with van der Waals surface area (Å²) in [5, 5.41) is 5.85. The van der Waals surface area contributed by atoms with E-state index in [0.29, 0.717) is 5.66 Å². The number of hydrogen-bond acceptors (Lipinski definition) is 0. The highest BCUT2D eigenvalue weighted by Crippen LogP contribution is 2.47. The largest absolute Gasteiger partial charge is 0.0622 e. The van der Waals surface area contributed by atoms with Crippen molar-refractivity contribution in [3.63, 3.8) is 0 Å². The van der Waals surface area contributed by atoms with Crippen molar-refractivity contribution >= 4 is 37.1 Å². The van der Waals surface area contributed by atoms with Gasteiger partial charge in [-0.1, -0.05) is 152 Å². The van der Waals surface area contributed by atoms with Gasteiger partial charge in [-0.3, -0.25) is 0 Å². The molecule has 0 aliphatic heterocycles. The minimum absolute atomic E-state index is 0.483. The van der Waals surface area contributed by atoms with Gasteiger partial charge >= 0.3 is 0 Å². The summed E-state index contributed by atoms with van der Waals surface area (Å²) in [6.07, 6.45) is 2.24. The maximum absolute atomic E-state index is 2.34. The molecule has 0 amide bonds. The summed E-state index contributed by atoms with van der Waals surface area (Å²) < 4.78 is 0. The van der Waals surface area contributed by atoms with Crippen molar-refractivity contribution in [2.24, 2.45) is 0 Å². The van der Waals surface area contributed by atoms with Crippen molar-refractivity contribution < 1.29 is 0 Å². The zero-order valence-electron chi connectivity index (χ0n) is 19.8. The molecule has 0 nitrogen and oxygen atoms in total. The van der Waals surface area contributed by atoms with Crippen molar-refractivity contribution in [1.29, 1.82) is 0 Å². The van der Waals surface area contributed by atoms with Crippen molar-refractivity contribution in [1.82, 2.24) is 0 Å². The van der Waals surface area contributed by atoms with E-state index in [9.17, 15) is 0 Å². The summed E-state index contributed by atoms with van der Waals surface area (Å²) in [6.45, 7) is 0. The van der Waals surface area contributed by atoms with E-state index < -0.39 is 15.8 Å². The van der Waals surface area contributed by atoms with Gasteiger partial charge in [-0.25, -0.2) is 0 Å². The summed E-state index contributed by atoms with van der Waals surface area (Å²) in [4.78, 5) is 0. The Hall–Kier alpha value is -3.04. The van der Waals surface area contributed by atoms with E-state index in [0.717, 1.165) is 12.6 Å². The van der Waals surface area contributed by atoms with Gasteiger partial charge in [-0.2, -0.15) is 0 Å². The predicted octanol–water partition coefficient (Wildman–Crippen LogP) is 6.86. The lowest BCUT2D eigenvalue weighted by Gasteiger charge is -2.32. The average Bonchev–Trinajstić information content (AvgIpc) is 2.94. The highest BCUT2D eigenvalue weighted by Gasteiger charge is 2.29. The second-order valence-electron chi connectivity index (χ2n) is 8.67. The van der Waals surface area contributed by atoms with E-state index in [1.807, 2.05) is 0 Å². The van der Waals surface area contributed by atoms with E-state index in [4.69, 9.17) is 0 Å². The van der Waals surface area contributed by atoms with Gasteiger partial charge in [0.1, 0.15) is 0 Å². The highest BCUT2D eigenvalue weighted by molar-refractivity contribution is 7.77. The van der Waals surface area contributed by atoms with Crippen molar-refractivity contribution in [2.45, 2.75) is 12.1 Å². The van der Waals surface area contributed by atoms with Gasteiger partial charge in [0.05, 0.1) is 0 Å². The number of benzene rings is 5. The molecular weight excluding hydrogens is 458 g/mol. The van der Waals surface area contributed by atoms with E-state index >= 15 is 0 Å². The van der Waals surface area contributed by atoms with Crippen LogP contribution in [0.3, 0.4) is 0 Å². The Morgan fingerprint density at radius 3 is 1.14 bits per heavy atom. The van der Waals surface area contributed by atoms with Crippen LogP contribution in [0.25, 0.3) is 0 Å². The van der Waals surface area contributed by atoms with Crippen molar-refractivity contribution in [3.05, 3.63) is 157 Å². The first-order chi connectivity index (χ1) is 17.4. The quantitative estimate of drug-likeness (QED) is 0.199.